The van der Waals surface area contributed by atoms with E-state index in [2.05, 4.69) is 0 Å². The molecule has 0 heterocycles. The molecule has 0 aliphatic heterocycles. The summed E-state index contributed by atoms with van der Waals surface area (Å²) in [6.45, 7) is 6.12. The second-order valence-electron chi connectivity index (χ2n) is 5.57. The molecule has 1 aromatic rings. The fourth-order valence-electron chi connectivity index (χ4n) is 1.68. The van der Waals surface area contributed by atoms with Crippen molar-refractivity contribution in [3.63, 3.8) is 0 Å². The lowest BCUT2D eigenvalue weighted by atomic mass is 9.91. The quantitative estimate of drug-likeness (QED) is 0.854. The molecule has 0 fully saturated rings. The Kier molecular flexibility index (Phi) is 4.46. The molecular formula is C14H20N2OS. The van der Waals surface area contributed by atoms with Gasteiger partial charge in [0.1, 0.15) is 4.99 Å². The fraction of sp³-hybridized carbons (Fsp3) is 0.429. The van der Waals surface area contributed by atoms with Crippen LogP contribution in [-0.2, 0) is 4.79 Å². The smallest absolute Gasteiger partial charge is 0.227 e. The molecule has 0 unspecified atom stereocenters. The van der Waals surface area contributed by atoms with Gasteiger partial charge in [-0.1, -0.05) is 45.1 Å². The molecule has 0 bridgehead atoms. The molecule has 0 aliphatic carbocycles. The Morgan fingerprint density at radius 3 is 2.39 bits per heavy atom. The number of carbonyl (C=O) groups is 1. The van der Waals surface area contributed by atoms with Gasteiger partial charge in [0.25, 0.3) is 0 Å². The van der Waals surface area contributed by atoms with Crippen molar-refractivity contribution in [3.05, 3.63) is 29.8 Å². The summed E-state index contributed by atoms with van der Waals surface area (Å²) >= 11 is 5.00. The molecule has 18 heavy (non-hydrogen) atoms. The van der Waals surface area contributed by atoms with Gasteiger partial charge in [0.15, 0.2) is 0 Å². The SMILES string of the molecule is CN(C(=O)CC(C)(C)C)c1ccccc1C(N)=S. The van der Waals surface area contributed by atoms with Gasteiger partial charge in [-0.15, -0.1) is 0 Å². The number of nitrogens with zero attached hydrogens (tertiary/aromatic N) is 1. The summed E-state index contributed by atoms with van der Waals surface area (Å²) in [5.74, 6) is 0.0613. The molecule has 0 atom stereocenters. The molecule has 0 aromatic heterocycles. The number of para-hydroxylation sites is 1. The molecule has 2 N–H and O–H groups in total. The number of nitrogens with two attached hydrogens (primary N) is 1. The zero-order chi connectivity index (χ0) is 13.9. The second-order valence-corrected chi connectivity index (χ2v) is 6.01. The van der Waals surface area contributed by atoms with E-state index < -0.39 is 0 Å². The van der Waals surface area contributed by atoms with Crippen LogP contribution in [-0.4, -0.2) is 17.9 Å². The molecule has 0 aliphatic rings. The van der Waals surface area contributed by atoms with Gasteiger partial charge in [-0.3, -0.25) is 4.79 Å². The first-order chi connectivity index (χ1) is 8.22. The van der Waals surface area contributed by atoms with Crippen molar-refractivity contribution < 1.29 is 4.79 Å². The Balaban J connectivity index is 3.00. The predicted octanol–water partition coefficient (Wildman–Crippen LogP) is 2.72. The van der Waals surface area contributed by atoms with Gasteiger partial charge in [0, 0.05) is 19.0 Å². The average molecular weight is 264 g/mol. The van der Waals surface area contributed by atoms with Crippen LogP contribution in [0.25, 0.3) is 0 Å². The van der Waals surface area contributed by atoms with Gasteiger partial charge in [0.2, 0.25) is 5.91 Å². The average Bonchev–Trinajstić information content (AvgIpc) is 2.25. The van der Waals surface area contributed by atoms with Crippen LogP contribution in [0.1, 0.15) is 32.8 Å². The first-order valence-corrected chi connectivity index (χ1v) is 6.28. The lowest BCUT2D eigenvalue weighted by Gasteiger charge is -2.24. The number of rotatable bonds is 3. The summed E-state index contributed by atoms with van der Waals surface area (Å²) in [6.07, 6.45) is 0.481. The van der Waals surface area contributed by atoms with E-state index in [1.54, 1.807) is 11.9 Å². The van der Waals surface area contributed by atoms with Gasteiger partial charge >= 0.3 is 0 Å². The Morgan fingerprint density at radius 1 is 1.33 bits per heavy atom. The molecule has 1 aromatic carbocycles. The standard InChI is InChI=1S/C14H20N2OS/c1-14(2,3)9-12(17)16(4)11-8-6-5-7-10(11)13(15)18/h5-8H,9H2,1-4H3,(H2,15,18). The van der Waals surface area contributed by atoms with E-state index in [9.17, 15) is 4.79 Å². The first-order valence-electron chi connectivity index (χ1n) is 5.88. The fourth-order valence-corrected chi connectivity index (χ4v) is 1.85. The predicted molar refractivity (Wildman–Crippen MR) is 79.8 cm³/mol. The number of thiocarbonyl (C=S) groups is 1. The molecule has 1 amide bonds. The Hall–Kier alpha value is -1.42. The van der Waals surface area contributed by atoms with Crippen LogP contribution in [0, 0.1) is 5.41 Å². The van der Waals surface area contributed by atoms with Gasteiger partial charge in [-0.2, -0.15) is 0 Å². The molecule has 3 nitrogen and oxygen atoms in total. The highest BCUT2D eigenvalue weighted by molar-refractivity contribution is 7.80. The number of carbonyl (C=O) groups excluding carboxylic acids is 1. The summed E-state index contributed by atoms with van der Waals surface area (Å²) in [7, 11) is 1.76. The first kappa shape index (κ1) is 14.6. The molecule has 1 rings (SSSR count). The van der Waals surface area contributed by atoms with Crippen molar-refractivity contribution in [1.82, 2.24) is 0 Å². The van der Waals surface area contributed by atoms with Crippen molar-refractivity contribution in [1.29, 1.82) is 0 Å². The summed E-state index contributed by atoms with van der Waals surface area (Å²) in [4.78, 5) is 14.1. The molecule has 0 saturated carbocycles. The number of anilines is 1. The zero-order valence-corrected chi connectivity index (χ0v) is 12.2. The van der Waals surface area contributed by atoms with E-state index in [0.29, 0.717) is 11.4 Å². The Bertz CT molecular complexity index is 463. The third-order valence-corrected chi connectivity index (χ3v) is 2.81. The number of hydrogen-bond acceptors (Lipinski definition) is 2. The number of hydrogen-bond donors (Lipinski definition) is 1. The second kappa shape index (κ2) is 5.48. The van der Waals surface area contributed by atoms with Crippen LogP contribution in [0.2, 0.25) is 0 Å². The van der Waals surface area contributed by atoms with Crippen LogP contribution in [0.15, 0.2) is 24.3 Å². The summed E-state index contributed by atoms with van der Waals surface area (Å²) in [5, 5.41) is 0. The van der Waals surface area contributed by atoms with Crippen LogP contribution >= 0.6 is 12.2 Å². The van der Waals surface area contributed by atoms with Crippen LogP contribution < -0.4 is 10.6 Å². The van der Waals surface area contributed by atoms with E-state index in [-0.39, 0.29) is 11.3 Å². The summed E-state index contributed by atoms with van der Waals surface area (Å²) < 4.78 is 0. The highest BCUT2D eigenvalue weighted by atomic mass is 32.1. The summed E-state index contributed by atoms with van der Waals surface area (Å²) in [5.41, 5.74) is 7.13. The highest BCUT2D eigenvalue weighted by Gasteiger charge is 2.21. The van der Waals surface area contributed by atoms with Gasteiger partial charge in [0.05, 0.1) is 5.69 Å². The monoisotopic (exact) mass is 264 g/mol. The maximum atomic E-state index is 12.2. The third-order valence-electron chi connectivity index (χ3n) is 2.59. The molecule has 0 radical (unpaired) electrons. The van der Waals surface area contributed by atoms with Crippen molar-refractivity contribution in [2.75, 3.05) is 11.9 Å². The van der Waals surface area contributed by atoms with E-state index in [4.69, 9.17) is 18.0 Å². The maximum absolute atomic E-state index is 12.2. The molecular weight excluding hydrogens is 244 g/mol. The zero-order valence-electron chi connectivity index (χ0n) is 11.4. The van der Waals surface area contributed by atoms with Crippen molar-refractivity contribution in [3.8, 4) is 0 Å². The van der Waals surface area contributed by atoms with Gasteiger partial charge in [-0.25, -0.2) is 0 Å². The normalized spacial score (nSPS) is 11.1. The molecule has 4 heteroatoms. The van der Waals surface area contributed by atoms with Crippen LogP contribution in [0.3, 0.4) is 0 Å². The Labute approximate surface area is 114 Å². The summed E-state index contributed by atoms with van der Waals surface area (Å²) in [6, 6.07) is 7.42. The van der Waals surface area contributed by atoms with Crippen molar-refractivity contribution in [2.45, 2.75) is 27.2 Å². The number of amides is 1. The van der Waals surface area contributed by atoms with E-state index in [1.807, 2.05) is 45.0 Å². The Morgan fingerprint density at radius 2 is 1.89 bits per heavy atom. The minimum absolute atomic E-state index is 0.0382. The lowest BCUT2D eigenvalue weighted by Crippen LogP contribution is -2.31. The largest absolute Gasteiger partial charge is 0.389 e. The molecule has 0 spiro atoms. The third kappa shape index (κ3) is 3.81. The topological polar surface area (TPSA) is 46.3 Å². The lowest BCUT2D eigenvalue weighted by molar-refractivity contribution is -0.120. The minimum Gasteiger partial charge on any atom is -0.389 e. The highest BCUT2D eigenvalue weighted by Crippen LogP contribution is 2.24. The van der Waals surface area contributed by atoms with Gasteiger partial charge < -0.3 is 10.6 Å². The van der Waals surface area contributed by atoms with Gasteiger partial charge in [-0.05, 0) is 17.5 Å². The van der Waals surface area contributed by atoms with E-state index in [1.165, 1.54) is 0 Å². The molecule has 0 saturated heterocycles. The van der Waals surface area contributed by atoms with Crippen LogP contribution in [0.5, 0.6) is 0 Å². The number of benzene rings is 1. The molecule has 98 valence electrons. The van der Waals surface area contributed by atoms with Crippen molar-refractivity contribution >= 4 is 28.8 Å². The van der Waals surface area contributed by atoms with Crippen LogP contribution in [0.4, 0.5) is 5.69 Å². The van der Waals surface area contributed by atoms with E-state index in [0.717, 1.165) is 11.3 Å². The maximum Gasteiger partial charge on any atom is 0.227 e. The van der Waals surface area contributed by atoms with Crippen molar-refractivity contribution in [2.24, 2.45) is 11.1 Å². The minimum atomic E-state index is -0.0382. The van der Waals surface area contributed by atoms with E-state index >= 15 is 0 Å².